The molecule has 3 aromatic heterocycles. The van der Waals surface area contributed by atoms with Crippen LogP contribution >= 0.6 is 0 Å². The molecule has 0 aliphatic carbocycles. The van der Waals surface area contributed by atoms with Crippen molar-refractivity contribution in [1.29, 1.82) is 0 Å². The fourth-order valence-electron chi connectivity index (χ4n) is 3.72. The molecular formula is C22H23N7O2. The summed E-state index contributed by atoms with van der Waals surface area (Å²) in [4.78, 5) is 16.7. The summed E-state index contributed by atoms with van der Waals surface area (Å²) >= 11 is 0. The number of aromatic nitrogens is 6. The standard InChI is InChI=1S/C22H23N7O2/c1-15-3-2-4-17(9-15)21-24-19-10-16(12-29-13-18(14-30)26-27-29)11-23-20(19)22(25-21)28-5-7-31-8-6-28/h2-4,9-11,13,30H,5-8,12,14H2,1H3. The molecule has 0 unspecified atom stereocenters. The van der Waals surface area contributed by atoms with E-state index in [0.717, 1.165) is 46.6 Å². The SMILES string of the molecule is Cc1cccc(-c2nc(N3CCOCC3)c3ncc(Cn4cc(CO)nn4)cc3n2)c1. The van der Waals surface area contributed by atoms with Crippen molar-refractivity contribution in [2.45, 2.75) is 20.1 Å². The van der Waals surface area contributed by atoms with E-state index < -0.39 is 0 Å². The average Bonchev–Trinajstić information content (AvgIpc) is 3.26. The van der Waals surface area contributed by atoms with Crippen LogP contribution < -0.4 is 4.90 Å². The van der Waals surface area contributed by atoms with Gasteiger partial charge < -0.3 is 14.7 Å². The highest BCUT2D eigenvalue weighted by Gasteiger charge is 2.19. The zero-order valence-electron chi connectivity index (χ0n) is 17.3. The van der Waals surface area contributed by atoms with Crippen LogP contribution in [0.25, 0.3) is 22.4 Å². The van der Waals surface area contributed by atoms with Gasteiger partial charge in [0.15, 0.2) is 11.6 Å². The van der Waals surface area contributed by atoms with Crippen molar-refractivity contribution < 1.29 is 9.84 Å². The predicted molar refractivity (Wildman–Crippen MR) is 116 cm³/mol. The number of fused-ring (bicyclic) bond motifs is 1. The third-order valence-electron chi connectivity index (χ3n) is 5.25. The molecule has 1 fully saturated rings. The van der Waals surface area contributed by atoms with E-state index in [1.807, 2.05) is 24.4 Å². The summed E-state index contributed by atoms with van der Waals surface area (Å²) in [6.07, 6.45) is 3.55. The molecule has 5 rings (SSSR count). The van der Waals surface area contributed by atoms with Crippen LogP contribution in [0.1, 0.15) is 16.8 Å². The van der Waals surface area contributed by atoms with Crippen LogP contribution in [0.4, 0.5) is 5.82 Å². The first-order chi connectivity index (χ1) is 15.2. The van der Waals surface area contributed by atoms with Gasteiger partial charge in [-0.2, -0.15) is 0 Å². The van der Waals surface area contributed by atoms with Gasteiger partial charge in [0.2, 0.25) is 0 Å². The van der Waals surface area contributed by atoms with Gasteiger partial charge in [-0.25, -0.2) is 14.6 Å². The number of hydrogen-bond donors (Lipinski definition) is 1. The molecule has 31 heavy (non-hydrogen) atoms. The largest absolute Gasteiger partial charge is 0.390 e. The van der Waals surface area contributed by atoms with Crippen molar-refractivity contribution in [3.05, 3.63) is 59.5 Å². The minimum Gasteiger partial charge on any atom is -0.390 e. The molecule has 4 aromatic rings. The fourth-order valence-corrected chi connectivity index (χ4v) is 3.72. The van der Waals surface area contributed by atoms with Gasteiger partial charge >= 0.3 is 0 Å². The lowest BCUT2D eigenvalue weighted by Crippen LogP contribution is -2.37. The molecule has 0 atom stereocenters. The maximum atomic E-state index is 9.21. The van der Waals surface area contributed by atoms with E-state index in [1.54, 1.807) is 10.9 Å². The number of anilines is 1. The van der Waals surface area contributed by atoms with Crippen molar-refractivity contribution in [2.75, 3.05) is 31.2 Å². The molecule has 9 heteroatoms. The summed E-state index contributed by atoms with van der Waals surface area (Å²) in [5.74, 6) is 1.51. The van der Waals surface area contributed by atoms with Crippen LogP contribution in [0.2, 0.25) is 0 Å². The van der Waals surface area contributed by atoms with Crippen LogP contribution in [0.5, 0.6) is 0 Å². The summed E-state index contributed by atoms with van der Waals surface area (Å²) in [6, 6.07) is 10.2. The number of rotatable bonds is 5. The van der Waals surface area contributed by atoms with Crippen molar-refractivity contribution in [1.82, 2.24) is 29.9 Å². The van der Waals surface area contributed by atoms with Crippen LogP contribution in [0.15, 0.2) is 42.7 Å². The third kappa shape index (κ3) is 4.10. The Bertz CT molecular complexity index is 1220. The summed E-state index contributed by atoms with van der Waals surface area (Å²) in [6.45, 7) is 5.30. The third-order valence-corrected chi connectivity index (χ3v) is 5.25. The van der Waals surface area contributed by atoms with E-state index in [9.17, 15) is 5.11 Å². The second-order valence-electron chi connectivity index (χ2n) is 7.62. The molecular weight excluding hydrogens is 394 g/mol. The van der Waals surface area contributed by atoms with Gasteiger partial charge in [-0.3, -0.25) is 4.98 Å². The molecule has 0 spiro atoms. The quantitative estimate of drug-likeness (QED) is 0.526. The van der Waals surface area contributed by atoms with Gasteiger partial charge in [-0.05, 0) is 24.6 Å². The Morgan fingerprint density at radius 1 is 1.13 bits per heavy atom. The molecule has 1 N–H and O–H groups in total. The smallest absolute Gasteiger partial charge is 0.162 e. The molecule has 158 valence electrons. The highest BCUT2D eigenvalue weighted by atomic mass is 16.5. The van der Waals surface area contributed by atoms with Gasteiger partial charge in [0.1, 0.15) is 11.2 Å². The molecule has 9 nitrogen and oxygen atoms in total. The minimum absolute atomic E-state index is 0.133. The first-order valence-electron chi connectivity index (χ1n) is 10.3. The number of aryl methyl sites for hydroxylation is 1. The molecule has 1 aliphatic heterocycles. The number of ether oxygens (including phenoxy) is 1. The number of benzene rings is 1. The number of hydrogen-bond acceptors (Lipinski definition) is 8. The monoisotopic (exact) mass is 417 g/mol. The van der Waals surface area contributed by atoms with E-state index in [1.165, 1.54) is 0 Å². The zero-order chi connectivity index (χ0) is 21.2. The molecule has 4 heterocycles. The normalized spacial score (nSPS) is 14.3. The molecule has 1 aromatic carbocycles. The van der Waals surface area contributed by atoms with Crippen LogP contribution in [-0.2, 0) is 17.9 Å². The van der Waals surface area contributed by atoms with Crippen molar-refractivity contribution in [3.8, 4) is 11.4 Å². The van der Waals surface area contributed by atoms with Gasteiger partial charge in [-0.15, -0.1) is 5.10 Å². The second kappa shape index (κ2) is 8.37. The number of pyridine rings is 1. The first-order valence-corrected chi connectivity index (χ1v) is 10.3. The molecule has 1 aliphatic rings. The Balaban J connectivity index is 1.59. The van der Waals surface area contributed by atoms with E-state index in [-0.39, 0.29) is 6.61 Å². The van der Waals surface area contributed by atoms with Crippen LogP contribution in [0, 0.1) is 6.92 Å². The second-order valence-corrected chi connectivity index (χ2v) is 7.62. The van der Waals surface area contributed by atoms with Gasteiger partial charge in [-0.1, -0.05) is 29.0 Å². The predicted octanol–water partition coefficient (Wildman–Crippen LogP) is 1.97. The van der Waals surface area contributed by atoms with Crippen molar-refractivity contribution >= 4 is 16.9 Å². The first kappa shape index (κ1) is 19.5. The van der Waals surface area contributed by atoms with E-state index in [4.69, 9.17) is 19.7 Å². The van der Waals surface area contributed by atoms with Gasteiger partial charge in [0.05, 0.1) is 38.1 Å². The summed E-state index contributed by atoms with van der Waals surface area (Å²) in [7, 11) is 0. The van der Waals surface area contributed by atoms with Crippen molar-refractivity contribution in [3.63, 3.8) is 0 Å². The number of nitrogens with zero attached hydrogens (tertiary/aromatic N) is 7. The zero-order valence-corrected chi connectivity index (χ0v) is 17.3. The highest BCUT2D eigenvalue weighted by Crippen LogP contribution is 2.28. The van der Waals surface area contributed by atoms with E-state index >= 15 is 0 Å². The van der Waals surface area contributed by atoms with E-state index in [0.29, 0.717) is 31.3 Å². The van der Waals surface area contributed by atoms with E-state index in [2.05, 4.69) is 34.3 Å². The Hall–Kier alpha value is -3.43. The minimum atomic E-state index is -0.133. The summed E-state index contributed by atoms with van der Waals surface area (Å²) in [5.41, 5.74) is 5.18. The maximum absolute atomic E-state index is 9.21. The Morgan fingerprint density at radius 2 is 2.00 bits per heavy atom. The lowest BCUT2D eigenvalue weighted by Gasteiger charge is -2.28. The van der Waals surface area contributed by atoms with Crippen LogP contribution in [0.3, 0.4) is 0 Å². The molecule has 0 bridgehead atoms. The van der Waals surface area contributed by atoms with Gasteiger partial charge in [0, 0.05) is 24.8 Å². The van der Waals surface area contributed by atoms with Gasteiger partial charge in [0.25, 0.3) is 0 Å². The number of aliphatic hydroxyl groups excluding tert-OH is 1. The number of aliphatic hydroxyl groups is 1. The maximum Gasteiger partial charge on any atom is 0.162 e. The molecule has 1 saturated heterocycles. The Morgan fingerprint density at radius 3 is 2.77 bits per heavy atom. The van der Waals surface area contributed by atoms with Crippen LogP contribution in [-0.4, -0.2) is 61.4 Å². The lowest BCUT2D eigenvalue weighted by molar-refractivity contribution is 0.122. The Labute approximate surface area is 179 Å². The highest BCUT2D eigenvalue weighted by molar-refractivity contribution is 5.88. The summed E-state index contributed by atoms with van der Waals surface area (Å²) in [5, 5.41) is 17.2. The summed E-state index contributed by atoms with van der Waals surface area (Å²) < 4.78 is 7.20. The van der Waals surface area contributed by atoms with Crippen molar-refractivity contribution in [2.24, 2.45) is 0 Å². The molecule has 0 amide bonds. The topological polar surface area (TPSA) is 102 Å². The molecule has 0 saturated carbocycles. The number of morpholine rings is 1. The molecule has 0 radical (unpaired) electrons. The lowest BCUT2D eigenvalue weighted by atomic mass is 10.1. The Kier molecular flexibility index (Phi) is 5.27. The fraction of sp³-hybridized carbons (Fsp3) is 0.318. The average molecular weight is 417 g/mol.